The fourth-order valence-electron chi connectivity index (χ4n) is 2.09. The molecule has 0 aliphatic rings. The Kier molecular flexibility index (Phi) is 5.86. The number of nitro benzene ring substituents is 1. The molecule has 0 heterocycles. The zero-order valence-electron chi connectivity index (χ0n) is 12.9. The first-order valence-electron chi connectivity index (χ1n) is 7.08. The van der Waals surface area contributed by atoms with Crippen molar-refractivity contribution in [2.24, 2.45) is 0 Å². The standard InChI is InChI=1S/C14H24N3O3S/c1-4-17(3,5-2)11-6-12-21(15,20)14-9-7-13(8-10-14)16(18)19/h7-10,15H,4-6,11-12H2,1-3H3/q+1. The average Bonchev–Trinajstić information content (AvgIpc) is 2.47. The summed E-state index contributed by atoms with van der Waals surface area (Å²) in [5.74, 6) is 0.290. The predicted octanol–water partition coefficient (Wildman–Crippen LogP) is 2.88. The van der Waals surface area contributed by atoms with Crippen LogP contribution in [0.25, 0.3) is 0 Å². The minimum atomic E-state index is -2.87. The summed E-state index contributed by atoms with van der Waals surface area (Å²) in [6.45, 7) is 7.14. The lowest BCUT2D eigenvalue weighted by molar-refractivity contribution is -0.906. The van der Waals surface area contributed by atoms with E-state index in [1.165, 1.54) is 24.3 Å². The van der Waals surface area contributed by atoms with E-state index in [1.54, 1.807) is 0 Å². The van der Waals surface area contributed by atoms with Gasteiger partial charge in [-0.1, -0.05) is 0 Å². The van der Waals surface area contributed by atoms with Gasteiger partial charge in [0.2, 0.25) is 0 Å². The molecule has 0 aliphatic heterocycles. The van der Waals surface area contributed by atoms with Crippen molar-refractivity contribution in [1.29, 1.82) is 4.78 Å². The summed E-state index contributed by atoms with van der Waals surface area (Å²) in [6.07, 6.45) is 0.706. The molecule has 0 saturated carbocycles. The molecule has 1 unspecified atom stereocenters. The Labute approximate surface area is 126 Å². The van der Waals surface area contributed by atoms with E-state index >= 15 is 0 Å². The summed E-state index contributed by atoms with van der Waals surface area (Å²) in [7, 11) is -0.724. The smallest absolute Gasteiger partial charge is 0.269 e. The maximum atomic E-state index is 12.4. The molecule has 1 N–H and O–H groups in total. The van der Waals surface area contributed by atoms with E-state index in [0.29, 0.717) is 17.1 Å². The summed E-state index contributed by atoms with van der Waals surface area (Å²) in [5.41, 5.74) is -0.0462. The third-order valence-electron chi connectivity index (χ3n) is 4.08. The molecule has 1 aromatic carbocycles. The highest BCUT2D eigenvalue weighted by molar-refractivity contribution is 7.92. The van der Waals surface area contributed by atoms with Crippen LogP contribution in [0.3, 0.4) is 0 Å². The van der Waals surface area contributed by atoms with Gasteiger partial charge >= 0.3 is 0 Å². The highest BCUT2D eigenvalue weighted by Crippen LogP contribution is 2.18. The lowest BCUT2D eigenvalue weighted by atomic mass is 10.3. The van der Waals surface area contributed by atoms with Crippen molar-refractivity contribution >= 4 is 15.4 Å². The van der Waals surface area contributed by atoms with E-state index in [2.05, 4.69) is 20.9 Å². The Morgan fingerprint density at radius 3 is 2.19 bits per heavy atom. The van der Waals surface area contributed by atoms with Gasteiger partial charge in [-0.15, -0.1) is 0 Å². The van der Waals surface area contributed by atoms with Gasteiger partial charge in [0.1, 0.15) is 0 Å². The third kappa shape index (κ3) is 4.78. The monoisotopic (exact) mass is 314 g/mol. The van der Waals surface area contributed by atoms with Crippen LogP contribution in [-0.4, -0.2) is 46.1 Å². The summed E-state index contributed by atoms with van der Waals surface area (Å²) >= 11 is 0. The first-order valence-corrected chi connectivity index (χ1v) is 8.81. The molecule has 6 nitrogen and oxygen atoms in total. The number of hydrogen-bond acceptors (Lipinski definition) is 4. The number of nitrogens with zero attached hydrogens (tertiary/aromatic N) is 2. The highest BCUT2D eigenvalue weighted by Gasteiger charge is 2.18. The first kappa shape index (κ1) is 17.6. The second kappa shape index (κ2) is 7.00. The van der Waals surface area contributed by atoms with Gasteiger partial charge in [-0.3, -0.25) is 10.1 Å². The number of hydrogen-bond donors (Lipinski definition) is 1. The van der Waals surface area contributed by atoms with Crippen LogP contribution in [0.15, 0.2) is 29.2 Å². The Morgan fingerprint density at radius 2 is 1.76 bits per heavy atom. The Morgan fingerprint density at radius 1 is 1.24 bits per heavy atom. The van der Waals surface area contributed by atoms with Gasteiger partial charge in [0.15, 0.2) is 0 Å². The minimum absolute atomic E-state index is 0.0462. The molecule has 0 fully saturated rings. The molecule has 0 amide bonds. The Hall–Kier alpha value is -1.47. The summed E-state index contributed by atoms with van der Waals surface area (Å²) in [4.78, 5) is 10.5. The third-order valence-corrected chi connectivity index (χ3v) is 5.98. The SMILES string of the molecule is CC[N+](C)(CC)CCCS(=N)(=O)c1ccc([N+](=O)[O-])cc1. The van der Waals surface area contributed by atoms with Gasteiger partial charge in [0.25, 0.3) is 5.69 Å². The Bertz CT molecular complexity index is 578. The summed E-state index contributed by atoms with van der Waals surface area (Å²) in [5, 5.41) is 10.6. The number of rotatable bonds is 8. The summed E-state index contributed by atoms with van der Waals surface area (Å²) in [6, 6.07) is 5.48. The van der Waals surface area contributed by atoms with Crippen molar-refractivity contribution < 1.29 is 13.6 Å². The largest absolute Gasteiger partial charge is 0.326 e. The molecule has 1 aromatic rings. The van der Waals surface area contributed by atoms with Crippen LogP contribution in [0.5, 0.6) is 0 Å². The number of non-ortho nitro benzene ring substituents is 1. The number of benzene rings is 1. The average molecular weight is 314 g/mol. The molecule has 1 rings (SSSR count). The van der Waals surface area contributed by atoms with E-state index in [-0.39, 0.29) is 5.69 Å². The van der Waals surface area contributed by atoms with Gasteiger partial charge in [0, 0.05) is 29.2 Å². The molecule has 118 valence electrons. The van der Waals surface area contributed by atoms with Crippen LogP contribution in [0.4, 0.5) is 5.69 Å². The molecule has 0 bridgehead atoms. The van der Waals surface area contributed by atoms with Gasteiger partial charge in [0.05, 0.1) is 41.3 Å². The lowest BCUT2D eigenvalue weighted by Gasteiger charge is -2.32. The van der Waals surface area contributed by atoms with Crippen LogP contribution >= 0.6 is 0 Å². The first-order chi connectivity index (χ1) is 9.74. The van der Waals surface area contributed by atoms with Gasteiger partial charge in [-0.2, -0.15) is 0 Å². The lowest BCUT2D eigenvalue weighted by Crippen LogP contribution is -2.44. The van der Waals surface area contributed by atoms with Crippen molar-refractivity contribution in [3.05, 3.63) is 34.4 Å². The second-order valence-corrected chi connectivity index (χ2v) is 7.69. The molecule has 0 spiro atoms. The molecule has 1 atom stereocenters. The second-order valence-electron chi connectivity index (χ2n) is 5.46. The summed E-state index contributed by atoms with van der Waals surface area (Å²) < 4.78 is 21.3. The highest BCUT2D eigenvalue weighted by atomic mass is 32.2. The zero-order chi connectivity index (χ0) is 16.1. The molecular formula is C14H24N3O3S+. The van der Waals surface area contributed by atoms with Crippen LogP contribution in [0.2, 0.25) is 0 Å². The number of quaternary nitrogens is 1. The van der Waals surface area contributed by atoms with Crippen molar-refractivity contribution in [3.63, 3.8) is 0 Å². The van der Waals surface area contributed by atoms with E-state index in [0.717, 1.165) is 24.1 Å². The molecule has 0 aliphatic carbocycles. The topological polar surface area (TPSA) is 84.1 Å². The van der Waals surface area contributed by atoms with Crippen LogP contribution in [0, 0.1) is 14.9 Å². The normalized spacial score (nSPS) is 14.6. The molecule has 7 heteroatoms. The molecule has 0 saturated heterocycles. The van der Waals surface area contributed by atoms with Crippen molar-refractivity contribution in [3.8, 4) is 0 Å². The fraction of sp³-hybridized carbons (Fsp3) is 0.571. The van der Waals surface area contributed by atoms with Crippen LogP contribution < -0.4 is 0 Å². The van der Waals surface area contributed by atoms with Gasteiger partial charge < -0.3 is 4.48 Å². The van der Waals surface area contributed by atoms with Crippen molar-refractivity contribution in [1.82, 2.24) is 0 Å². The van der Waals surface area contributed by atoms with Crippen LogP contribution in [-0.2, 0) is 9.73 Å². The zero-order valence-corrected chi connectivity index (χ0v) is 13.7. The number of nitro groups is 1. The maximum absolute atomic E-state index is 12.4. The quantitative estimate of drug-likeness (QED) is 0.455. The van der Waals surface area contributed by atoms with E-state index in [1.807, 2.05) is 0 Å². The molecule has 0 radical (unpaired) electrons. The maximum Gasteiger partial charge on any atom is 0.269 e. The van der Waals surface area contributed by atoms with Crippen molar-refractivity contribution in [2.45, 2.75) is 25.2 Å². The fourth-order valence-corrected chi connectivity index (χ4v) is 3.44. The van der Waals surface area contributed by atoms with Gasteiger partial charge in [-0.25, -0.2) is 8.99 Å². The molecule has 21 heavy (non-hydrogen) atoms. The number of nitrogens with one attached hydrogen (secondary N) is 1. The molecule has 0 aromatic heterocycles. The minimum Gasteiger partial charge on any atom is -0.326 e. The van der Waals surface area contributed by atoms with Gasteiger partial charge in [-0.05, 0) is 26.0 Å². The van der Waals surface area contributed by atoms with E-state index in [4.69, 9.17) is 4.78 Å². The van der Waals surface area contributed by atoms with Crippen LogP contribution in [0.1, 0.15) is 20.3 Å². The van der Waals surface area contributed by atoms with E-state index in [9.17, 15) is 14.3 Å². The Balaban J connectivity index is 2.71. The predicted molar refractivity (Wildman–Crippen MR) is 83.8 cm³/mol. The van der Waals surface area contributed by atoms with E-state index < -0.39 is 14.7 Å². The van der Waals surface area contributed by atoms with Crippen molar-refractivity contribution in [2.75, 3.05) is 32.4 Å². The molecular weight excluding hydrogens is 290 g/mol.